The Kier molecular flexibility index (Phi) is 3.89. The van der Waals surface area contributed by atoms with Gasteiger partial charge in [-0.25, -0.2) is 4.98 Å². The smallest absolute Gasteiger partial charge is 0.268 e. The van der Waals surface area contributed by atoms with Crippen molar-refractivity contribution in [2.45, 2.75) is 13.5 Å². The van der Waals surface area contributed by atoms with E-state index in [4.69, 9.17) is 11.6 Å². The minimum Gasteiger partial charge on any atom is -0.292 e. The van der Waals surface area contributed by atoms with Gasteiger partial charge in [0.05, 0.1) is 0 Å². The minimum absolute atomic E-state index is 0.108. The summed E-state index contributed by atoms with van der Waals surface area (Å²) in [4.78, 5) is 15.7. The third-order valence-corrected chi connectivity index (χ3v) is 2.70. The van der Waals surface area contributed by atoms with E-state index in [1.807, 2.05) is 0 Å². The van der Waals surface area contributed by atoms with Gasteiger partial charge in [0, 0.05) is 18.6 Å². The number of hydrogen-bond donors (Lipinski definition) is 0. The monoisotopic (exact) mass is 276 g/mol. The van der Waals surface area contributed by atoms with Crippen LogP contribution in [0.3, 0.4) is 0 Å². The third-order valence-electron chi connectivity index (χ3n) is 1.78. The quantitative estimate of drug-likeness (QED) is 0.626. The summed E-state index contributed by atoms with van der Waals surface area (Å²) < 4.78 is 1.99. The zero-order valence-corrected chi connectivity index (χ0v) is 10.1. The second-order valence-electron chi connectivity index (χ2n) is 2.93. The van der Waals surface area contributed by atoms with Gasteiger partial charge in [0.25, 0.3) is 5.56 Å². The third kappa shape index (κ3) is 2.45. The van der Waals surface area contributed by atoms with E-state index in [1.54, 1.807) is 6.92 Å². The Labute approximate surface area is 95.5 Å². The van der Waals surface area contributed by atoms with E-state index in [0.29, 0.717) is 22.7 Å². The second-order valence-corrected chi connectivity index (χ2v) is 4.05. The molecule has 5 heteroatoms. The molecule has 0 bridgehead atoms. The van der Waals surface area contributed by atoms with Crippen LogP contribution in [0.5, 0.6) is 0 Å². The molecule has 0 fully saturated rings. The van der Waals surface area contributed by atoms with Crippen LogP contribution in [-0.2, 0) is 6.54 Å². The first kappa shape index (κ1) is 11.5. The summed E-state index contributed by atoms with van der Waals surface area (Å²) in [5, 5.41) is 0. The molecular formula is C9H10BrClN2O. The molecular weight excluding hydrogens is 267 g/mol. The molecule has 0 unspecified atom stereocenters. The summed E-state index contributed by atoms with van der Waals surface area (Å²) in [6, 6.07) is 0. The lowest BCUT2D eigenvalue weighted by molar-refractivity contribution is 0.688. The first-order valence-corrected chi connectivity index (χ1v) is 5.33. The summed E-state index contributed by atoms with van der Waals surface area (Å²) in [5.74, 6) is 1.00. The Hall–Kier alpha value is -0.610. The highest BCUT2D eigenvalue weighted by atomic mass is 79.9. The fourth-order valence-electron chi connectivity index (χ4n) is 1.00. The van der Waals surface area contributed by atoms with Gasteiger partial charge in [-0.2, -0.15) is 0 Å². The Morgan fingerprint density at radius 2 is 2.43 bits per heavy atom. The molecule has 0 aromatic carbocycles. The van der Waals surface area contributed by atoms with E-state index in [9.17, 15) is 4.79 Å². The highest BCUT2D eigenvalue weighted by Gasteiger charge is 2.05. The van der Waals surface area contributed by atoms with Crippen LogP contribution in [0.25, 0.3) is 0 Å². The zero-order chi connectivity index (χ0) is 10.7. The molecule has 1 aromatic heterocycles. The number of nitrogens with zero attached hydrogens (tertiary/aromatic N) is 2. The van der Waals surface area contributed by atoms with Gasteiger partial charge in [-0.1, -0.05) is 6.58 Å². The Balaban J connectivity index is 3.13. The van der Waals surface area contributed by atoms with Crippen molar-refractivity contribution in [2.24, 2.45) is 0 Å². The van der Waals surface area contributed by atoms with Gasteiger partial charge in [0.15, 0.2) is 0 Å². The molecule has 0 aliphatic carbocycles. The summed E-state index contributed by atoms with van der Waals surface area (Å²) in [5.41, 5.74) is 0.681. The maximum absolute atomic E-state index is 11.6. The van der Waals surface area contributed by atoms with Crippen LogP contribution in [0, 0.1) is 6.92 Å². The SMILES string of the molecule is C=C(CCl)Cn1c(C)ncc(Br)c1=O. The summed E-state index contributed by atoms with van der Waals surface area (Å²) >= 11 is 8.73. The van der Waals surface area contributed by atoms with Crippen molar-refractivity contribution in [3.8, 4) is 0 Å². The van der Waals surface area contributed by atoms with Gasteiger partial charge in [-0.3, -0.25) is 9.36 Å². The predicted molar refractivity (Wildman–Crippen MR) is 60.8 cm³/mol. The van der Waals surface area contributed by atoms with Crippen molar-refractivity contribution < 1.29 is 0 Å². The van der Waals surface area contributed by atoms with Gasteiger partial charge in [0.2, 0.25) is 0 Å². The standard InChI is InChI=1S/C9H10BrClN2O/c1-6(3-11)5-13-7(2)12-4-8(10)9(13)14/h4H,1,3,5H2,2H3. The van der Waals surface area contributed by atoms with E-state index < -0.39 is 0 Å². The van der Waals surface area contributed by atoms with Crippen LogP contribution in [-0.4, -0.2) is 15.4 Å². The van der Waals surface area contributed by atoms with E-state index >= 15 is 0 Å². The molecule has 76 valence electrons. The summed E-state index contributed by atoms with van der Waals surface area (Å²) in [6.07, 6.45) is 1.50. The summed E-state index contributed by atoms with van der Waals surface area (Å²) in [6.45, 7) is 5.94. The Bertz CT molecular complexity index is 414. The first-order chi connectivity index (χ1) is 6.56. The van der Waals surface area contributed by atoms with E-state index in [1.165, 1.54) is 10.8 Å². The van der Waals surface area contributed by atoms with Crippen molar-refractivity contribution in [2.75, 3.05) is 5.88 Å². The van der Waals surface area contributed by atoms with Gasteiger partial charge in [-0.15, -0.1) is 11.6 Å². The topological polar surface area (TPSA) is 34.9 Å². The predicted octanol–water partition coefficient (Wildman–Crippen LogP) is 2.11. The number of aromatic nitrogens is 2. The van der Waals surface area contributed by atoms with Crippen LogP contribution in [0.2, 0.25) is 0 Å². The molecule has 14 heavy (non-hydrogen) atoms. The molecule has 0 N–H and O–H groups in total. The summed E-state index contributed by atoms with van der Waals surface area (Å²) in [7, 11) is 0. The number of allylic oxidation sites excluding steroid dienone is 1. The van der Waals surface area contributed by atoms with Gasteiger partial charge < -0.3 is 0 Å². The Morgan fingerprint density at radius 3 is 3.00 bits per heavy atom. The average molecular weight is 278 g/mol. The molecule has 0 amide bonds. The van der Waals surface area contributed by atoms with Crippen molar-refractivity contribution >= 4 is 27.5 Å². The largest absolute Gasteiger partial charge is 0.292 e. The molecule has 1 rings (SSSR count). The van der Waals surface area contributed by atoms with Crippen molar-refractivity contribution in [1.82, 2.24) is 9.55 Å². The normalized spacial score (nSPS) is 10.2. The number of halogens is 2. The average Bonchev–Trinajstić information content (AvgIpc) is 2.18. The van der Waals surface area contributed by atoms with Gasteiger partial charge in [0.1, 0.15) is 10.3 Å². The molecule has 1 aromatic rings. The van der Waals surface area contributed by atoms with Crippen LogP contribution in [0.1, 0.15) is 5.82 Å². The van der Waals surface area contributed by atoms with Crippen molar-refractivity contribution in [3.63, 3.8) is 0 Å². The molecule has 0 saturated heterocycles. The van der Waals surface area contributed by atoms with E-state index in [2.05, 4.69) is 27.5 Å². The van der Waals surface area contributed by atoms with Crippen molar-refractivity contribution in [1.29, 1.82) is 0 Å². The first-order valence-electron chi connectivity index (χ1n) is 4.00. The van der Waals surface area contributed by atoms with Crippen LogP contribution in [0.4, 0.5) is 0 Å². The fourth-order valence-corrected chi connectivity index (χ4v) is 1.40. The number of aryl methyl sites for hydroxylation is 1. The molecule has 0 atom stereocenters. The Morgan fingerprint density at radius 1 is 1.79 bits per heavy atom. The van der Waals surface area contributed by atoms with E-state index in [-0.39, 0.29) is 5.56 Å². The zero-order valence-electron chi connectivity index (χ0n) is 7.76. The van der Waals surface area contributed by atoms with Gasteiger partial charge in [-0.05, 0) is 28.4 Å². The van der Waals surface area contributed by atoms with E-state index in [0.717, 1.165) is 5.57 Å². The highest BCUT2D eigenvalue weighted by Crippen LogP contribution is 2.04. The highest BCUT2D eigenvalue weighted by molar-refractivity contribution is 9.10. The molecule has 1 heterocycles. The number of rotatable bonds is 3. The van der Waals surface area contributed by atoms with Crippen LogP contribution >= 0.6 is 27.5 Å². The lowest BCUT2D eigenvalue weighted by atomic mass is 10.3. The maximum Gasteiger partial charge on any atom is 0.268 e. The maximum atomic E-state index is 11.6. The number of alkyl halides is 1. The second kappa shape index (κ2) is 4.75. The van der Waals surface area contributed by atoms with Gasteiger partial charge >= 0.3 is 0 Å². The number of hydrogen-bond acceptors (Lipinski definition) is 2. The fraction of sp³-hybridized carbons (Fsp3) is 0.333. The molecule has 0 aliphatic rings. The van der Waals surface area contributed by atoms with Crippen LogP contribution < -0.4 is 5.56 Å². The molecule has 0 spiro atoms. The lowest BCUT2D eigenvalue weighted by Gasteiger charge is -2.09. The van der Waals surface area contributed by atoms with Crippen molar-refractivity contribution in [3.05, 3.63) is 39.0 Å². The lowest BCUT2D eigenvalue weighted by Crippen LogP contribution is -2.24. The molecule has 0 aliphatic heterocycles. The van der Waals surface area contributed by atoms with Crippen LogP contribution in [0.15, 0.2) is 27.6 Å². The molecule has 0 radical (unpaired) electrons. The molecule has 0 saturated carbocycles. The minimum atomic E-state index is -0.108. The molecule has 3 nitrogen and oxygen atoms in total.